The number of carbonyl (C=O) groups excluding carboxylic acids is 1. The van der Waals surface area contributed by atoms with Gasteiger partial charge in [-0.25, -0.2) is 4.98 Å². The number of aromatic nitrogens is 2. The van der Waals surface area contributed by atoms with Gasteiger partial charge in [0.25, 0.3) is 5.56 Å². The topological polar surface area (TPSA) is 52.0 Å². The summed E-state index contributed by atoms with van der Waals surface area (Å²) in [4.78, 5) is 32.3. The zero-order valence-corrected chi connectivity index (χ0v) is 16.8. The van der Waals surface area contributed by atoms with Gasteiger partial charge >= 0.3 is 0 Å². The predicted octanol–water partition coefficient (Wildman–Crippen LogP) is 4.50. The number of hydrogen-bond acceptors (Lipinski definition) is 5. The summed E-state index contributed by atoms with van der Waals surface area (Å²) in [7, 11) is 1.73. The van der Waals surface area contributed by atoms with Crippen LogP contribution in [-0.4, -0.2) is 20.6 Å². The molecular weight excluding hydrogens is 388 g/mol. The Kier molecular flexibility index (Phi) is 4.67. The Morgan fingerprint density at radius 3 is 2.77 bits per heavy atom. The fourth-order valence-electron chi connectivity index (χ4n) is 3.27. The summed E-state index contributed by atoms with van der Waals surface area (Å²) in [5, 5.41) is 1.60. The van der Waals surface area contributed by atoms with Gasteiger partial charge in [0, 0.05) is 22.5 Å². The minimum atomic E-state index is -0.349. The zero-order valence-electron chi connectivity index (χ0n) is 14.4. The van der Waals surface area contributed by atoms with Crippen molar-refractivity contribution in [2.24, 2.45) is 7.05 Å². The number of aryl methyl sites for hydroxylation is 2. The van der Waals surface area contributed by atoms with E-state index in [0.29, 0.717) is 15.7 Å². The third kappa shape index (κ3) is 3.00. The lowest BCUT2D eigenvalue weighted by Crippen LogP contribution is -2.22. The first-order valence-corrected chi connectivity index (χ1v) is 10.5. The normalized spacial score (nSPS) is 14.6. The van der Waals surface area contributed by atoms with Crippen molar-refractivity contribution in [3.8, 4) is 0 Å². The predicted molar refractivity (Wildman–Crippen MR) is 108 cm³/mol. The highest BCUT2D eigenvalue weighted by Gasteiger charge is 2.24. The average molecular weight is 405 g/mol. The molecule has 3 aromatic rings. The largest absolute Gasteiger partial charge is 0.293 e. The van der Waals surface area contributed by atoms with Gasteiger partial charge in [0.2, 0.25) is 0 Å². The maximum Gasteiger partial charge on any atom is 0.262 e. The van der Waals surface area contributed by atoms with Crippen molar-refractivity contribution in [3.63, 3.8) is 0 Å². The zero-order chi connectivity index (χ0) is 18.4. The number of thioether (sulfide) groups is 1. The number of hydrogen-bond donors (Lipinski definition) is 0. The lowest BCUT2D eigenvalue weighted by Gasteiger charge is -2.12. The van der Waals surface area contributed by atoms with Crippen LogP contribution < -0.4 is 5.56 Å². The molecule has 1 aliphatic carbocycles. The van der Waals surface area contributed by atoms with E-state index in [1.54, 1.807) is 47.2 Å². The Morgan fingerprint density at radius 2 is 2.04 bits per heavy atom. The quantitative estimate of drug-likeness (QED) is 0.365. The molecule has 0 saturated carbocycles. The summed E-state index contributed by atoms with van der Waals surface area (Å²) >= 11 is 8.83. The number of thiophene rings is 1. The molecule has 0 radical (unpaired) electrons. The summed E-state index contributed by atoms with van der Waals surface area (Å²) in [6.45, 7) is 1.84. The van der Waals surface area contributed by atoms with E-state index in [1.165, 1.54) is 22.2 Å². The van der Waals surface area contributed by atoms with Crippen LogP contribution in [0.2, 0.25) is 5.02 Å². The molecule has 7 heteroatoms. The van der Waals surface area contributed by atoms with E-state index in [4.69, 9.17) is 16.6 Å². The number of ketones is 1. The van der Waals surface area contributed by atoms with Crippen molar-refractivity contribution in [1.82, 2.24) is 9.55 Å². The van der Waals surface area contributed by atoms with Gasteiger partial charge in [0.05, 0.1) is 10.6 Å². The average Bonchev–Trinajstić information content (AvgIpc) is 3.20. The monoisotopic (exact) mass is 404 g/mol. The van der Waals surface area contributed by atoms with Crippen LogP contribution in [-0.2, 0) is 19.9 Å². The molecule has 0 bridgehead atoms. The van der Waals surface area contributed by atoms with Gasteiger partial charge in [-0.2, -0.15) is 0 Å². The molecule has 2 heterocycles. The summed E-state index contributed by atoms with van der Waals surface area (Å²) in [6.07, 6.45) is 3.11. The van der Waals surface area contributed by atoms with Crippen LogP contribution in [0.3, 0.4) is 0 Å². The molecule has 4 rings (SSSR count). The minimum Gasteiger partial charge on any atom is -0.293 e. The van der Waals surface area contributed by atoms with Gasteiger partial charge < -0.3 is 0 Å². The summed E-state index contributed by atoms with van der Waals surface area (Å²) in [5.74, 6) is -0.00492. The lowest BCUT2D eigenvalue weighted by molar-refractivity contribution is 0.0994. The fourth-order valence-corrected chi connectivity index (χ4v) is 5.65. The minimum absolute atomic E-state index is 0.00492. The Hall–Kier alpha value is -1.63. The standard InChI is InChI=1S/C19H17ClN2O2S2/c1-10(16(23)11-6-8-12(20)9-7-11)25-19-21-17-15(18(24)22(19)2)13-4-3-5-14(13)26-17/h6-10H,3-5H2,1-2H3/t10-/m0/s1. The molecule has 2 aromatic heterocycles. The van der Waals surface area contributed by atoms with Crippen molar-refractivity contribution in [3.05, 3.63) is 55.6 Å². The Labute approximate surface area is 164 Å². The molecule has 0 amide bonds. The second-order valence-corrected chi connectivity index (χ2v) is 9.26. The molecule has 4 nitrogen and oxygen atoms in total. The Morgan fingerprint density at radius 1 is 1.31 bits per heavy atom. The van der Waals surface area contributed by atoms with Gasteiger partial charge in [-0.15, -0.1) is 11.3 Å². The number of halogens is 1. The Bertz CT molecular complexity index is 1070. The number of carbonyl (C=O) groups is 1. The van der Waals surface area contributed by atoms with Crippen LogP contribution in [0, 0.1) is 0 Å². The van der Waals surface area contributed by atoms with Crippen LogP contribution in [0.15, 0.2) is 34.2 Å². The first-order chi connectivity index (χ1) is 12.5. The van der Waals surface area contributed by atoms with E-state index in [0.717, 1.165) is 29.5 Å². The van der Waals surface area contributed by atoms with E-state index in [-0.39, 0.29) is 16.6 Å². The van der Waals surface area contributed by atoms with Crippen molar-refractivity contribution in [2.75, 3.05) is 0 Å². The number of benzene rings is 1. The van der Waals surface area contributed by atoms with Crippen LogP contribution >= 0.6 is 34.7 Å². The summed E-state index contributed by atoms with van der Waals surface area (Å²) in [5.41, 5.74) is 1.78. The van der Waals surface area contributed by atoms with E-state index in [1.807, 2.05) is 6.92 Å². The van der Waals surface area contributed by atoms with Crippen LogP contribution in [0.4, 0.5) is 0 Å². The van der Waals surface area contributed by atoms with Gasteiger partial charge in [0.1, 0.15) is 4.83 Å². The molecule has 1 aromatic carbocycles. The second kappa shape index (κ2) is 6.83. The second-order valence-electron chi connectivity index (χ2n) is 6.43. The maximum absolute atomic E-state index is 12.8. The van der Waals surface area contributed by atoms with E-state index < -0.39 is 0 Å². The summed E-state index contributed by atoms with van der Waals surface area (Å²) < 4.78 is 1.57. The molecule has 134 valence electrons. The molecule has 1 atom stereocenters. The Balaban J connectivity index is 1.66. The van der Waals surface area contributed by atoms with E-state index in [9.17, 15) is 9.59 Å². The number of rotatable bonds is 4. The molecule has 0 unspecified atom stereocenters. The third-order valence-corrected chi connectivity index (χ3v) is 7.27. The first kappa shape index (κ1) is 17.8. The number of nitrogens with zero attached hydrogens (tertiary/aromatic N) is 2. The van der Waals surface area contributed by atoms with Crippen molar-refractivity contribution in [1.29, 1.82) is 0 Å². The molecule has 0 spiro atoms. The van der Waals surface area contributed by atoms with Gasteiger partial charge in [-0.3, -0.25) is 14.2 Å². The van der Waals surface area contributed by atoms with Crippen LogP contribution in [0.25, 0.3) is 10.2 Å². The molecule has 0 fully saturated rings. The smallest absolute Gasteiger partial charge is 0.262 e. The number of Topliss-reactive ketones (excluding diaryl/α,β-unsaturated/α-hetero) is 1. The van der Waals surface area contributed by atoms with Gasteiger partial charge in [-0.1, -0.05) is 23.4 Å². The highest BCUT2D eigenvalue weighted by Crippen LogP contribution is 2.36. The summed E-state index contributed by atoms with van der Waals surface area (Å²) in [6, 6.07) is 6.86. The van der Waals surface area contributed by atoms with Crippen molar-refractivity contribution < 1.29 is 4.79 Å². The highest BCUT2D eigenvalue weighted by molar-refractivity contribution is 8.00. The molecule has 0 aliphatic heterocycles. The molecule has 1 aliphatic rings. The molecule has 26 heavy (non-hydrogen) atoms. The van der Waals surface area contributed by atoms with Crippen molar-refractivity contribution in [2.45, 2.75) is 36.6 Å². The third-order valence-electron chi connectivity index (χ3n) is 4.69. The van der Waals surface area contributed by atoms with Gasteiger partial charge in [-0.05, 0) is 56.0 Å². The lowest BCUT2D eigenvalue weighted by atomic mass is 10.1. The van der Waals surface area contributed by atoms with E-state index in [2.05, 4.69) is 0 Å². The molecule has 0 saturated heterocycles. The number of fused-ring (bicyclic) bond motifs is 3. The highest BCUT2D eigenvalue weighted by atomic mass is 35.5. The SMILES string of the molecule is C[C@H](Sc1nc2sc3c(c2c(=O)n1C)CCC3)C(=O)c1ccc(Cl)cc1. The fraction of sp³-hybridized carbons (Fsp3) is 0.316. The van der Waals surface area contributed by atoms with Crippen LogP contribution in [0.5, 0.6) is 0 Å². The molecular formula is C19H17ClN2O2S2. The molecule has 0 N–H and O–H groups in total. The van der Waals surface area contributed by atoms with Gasteiger partial charge in [0.15, 0.2) is 10.9 Å². The van der Waals surface area contributed by atoms with E-state index >= 15 is 0 Å². The van der Waals surface area contributed by atoms with Crippen LogP contribution in [0.1, 0.15) is 34.1 Å². The van der Waals surface area contributed by atoms with Crippen molar-refractivity contribution >= 4 is 50.7 Å². The first-order valence-electron chi connectivity index (χ1n) is 8.43. The maximum atomic E-state index is 12.8.